The molecule has 0 aromatic rings. The molecule has 1 heteroatoms. The molecule has 0 radical (unpaired) electrons. The molecule has 3 unspecified atom stereocenters. The van der Waals surface area contributed by atoms with Crippen LogP contribution in [0.15, 0.2) is 0 Å². The van der Waals surface area contributed by atoms with Gasteiger partial charge in [-0.2, -0.15) is 0 Å². The highest BCUT2D eigenvalue weighted by atomic mass is 19.1. The van der Waals surface area contributed by atoms with E-state index in [-0.39, 0.29) is 0 Å². The molecule has 84 valence electrons. The van der Waals surface area contributed by atoms with E-state index in [4.69, 9.17) is 0 Å². The average Bonchev–Trinajstić information content (AvgIpc) is 2.18. The van der Waals surface area contributed by atoms with Crippen molar-refractivity contribution in [2.45, 2.75) is 65.5 Å². The molecule has 4 atom stereocenters. The molecular weight excluding hydrogens is 175 g/mol. The Labute approximate surface area is 88.3 Å². The summed E-state index contributed by atoms with van der Waals surface area (Å²) in [6, 6.07) is 0. The number of unbranched alkanes of at least 4 members (excludes halogenated alkanes) is 1. The fraction of sp³-hybridized carbons (Fsp3) is 1.00. The van der Waals surface area contributed by atoms with E-state index in [0.29, 0.717) is 5.92 Å². The largest absolute Gasteiger partial charge is 0.247 e. The molecule has 0 aromatic heterocycles. The lowest BCUT2D eigenvalue weighted by atomic mass is 9.72. The number of halogens is 1. The number of rotatable bonds is 4. The summed E-state index contributed by atoms with van der Waals surface area (Å²) in [6.45, 7) is 6.85. The van der Waals surface area contributed by atoms with Crippen molar-refractivity contribution in [2.75, 3.05) is 0 Å². The third-order valence-electron chi connectivity index (χ3n) is 3.94. The molecule has 14 heavy (non-hydrogen) atoms. The van der Waals surface area contributed by atoms with Crippen LogP contribution in [0, 0.1) is 17.8 Å². The minimum Gasteiger partial charge on any atom is -0.247 e. The van der Waals surface area contributed by atoms with Crippen LogP contribution in [0.4, 0.5) is 4.39 Å². The summed E-state index contributed by atoms with van der Waals surface area (Å²) in [5.41, 5.74) is 0. The van der Waals surface area contributed by atoms with Crippen LogP contribution in [0.1, 0.15) is 59.3 Å². The van der Waals surface area contributed by atoms with Crippen LogP contribution in [-0.2, 0) is 0 Å². The van der Waals surface area contributed by atoms with E-state index >= 15 is 0 Å². The first kappa shape index (κ1) is 12.0. The molecule has 0 nitrogen and oxygen atoms in total. The Hall–Kier alpha value is -0.0700. The second kappa shape index (κ2) is 5.72. The highest BCUT2D eigenvalue weighted by Gasteiger charge is 2.30. The SMILES string of the molecule is CCCC[C@@H](C)C1CC(F)CCC1C. The molecule has 1 rings (SSSR count). The fourth-order valence-electron chi connectivity index (χ4n) is 2.84. The van der Waals surface area contributed by atoms with E-state index in [1.54, 1.807) is 0 Å². The second-order valence-corrected chi connectivity index (χ2v) is 5.17. The lowest BCUT2D eigenvalue weighted by Crippen LogP contribution is -2.28. The lowest BCUT2D eigenvalue weighted by Gasteiger charge is -2.35. The van der Waals surface area contributed by atoms with Gasteiger partial charge in [0.05, 0.1) is 0 Å². The van der Waals surface area contributed by atoms with Crippen molar-refractivity contribution in [1.82, 2.24) is 0 Å². The molecule has 0 N–H and O–H groups in total. The highest BCUT2D eigenvalue weighted by molar-refractivity contribution is 4.80. The van der Waals surface area contributed by atoms with Crippen LogP contribution >= 0.6 is 0 Å². The van der Waals surface area contributed by atoms with Gasteiger partial charge in [0.15, 0.2) is 0 Å². The smallest absolute Gasteiger partial charge is 0.100 e. The molecule has 0 aromatic carbocycles. The predicted octanol–water partition coefficient (Wildman–Crippen LogP) is 4.59. The predicted molar refractivity (Wildman–Crippen MR) is 60.1 cm³/mol. The van der Waals surface area contributed by atoms with Crippen LogP contribution in [0.3, 0.4) is 0 Å². The van der Waals surface area contributed by atoms with Gasteiger partial charge in [-0.25, -0.2) is 4.39 Å². The quantitative estimate of drug-likeness (QED) is 0.622. The number of hydrogen-bond acceptors (Lipinski definition) is 0. The van der Waals surface area contributed by atoms with E-state index in [1.165, 1.54) is 19.3 Å². The molecule has 0 saturated heterocycles. The van der Waals surface area contributed by atoms with Gasteiger partial charge in [0, 0.05) is 0 Å². The van der Waals surface area contributed by atoms with Crippen molar-refractivity contribution in [1.29, 1.82) is 0 Å². The zero-order valence-corrected chi connectivity index (χ0v) is 9.93. The molecule has 0 spiro atoms. The highest BCUT2D eigenvalue weighted by Crippen LogP contribution is 2.37. The molecule has 0 heterocycles. The van der Waals surface area contributed by atoms with Gasteiger partial charge in [-0.15, -0.1) is 0 Å². The normalized spacial score (nSPS) is 35.6. The molecule has 0 amide bonds. The summed E-state index contributed by atoms with van der Waals surface area (Å²) in [5, 5.41) is 0. The Bertz CT molecular complexity index is 155. The number of alkyl halides is 1. The summed E-state index contributed by atoms with van der Waals surface area (Å²) in [6.07, 6.45) is 6.08. The maximum absolute atomic E-state index is 13.3. The minimum atomic E-state index is -0.514. The Kier molecular flexibility index (Phi) is 4.91. The van der Waals surface area contributed by atoms with E-state index in [2.05, 4.69) is 20.8 Å². The molecule has 1 fully saturated rings. The van der Waals surface area contributed by atoms with Crippen molar-refractivity contribution >= 4 is 0 Å². The van der Waals surface area contributed by atoms with Gasteiger partial charge in [0.25, 0.3) is 0 Å². The summed E-state index contributed by atoms with van der Waals surface area (Å²) in [4.78, 5) is 0. The zero-order chi connectivity index (χ0) is 10.6. The maximum atomic E-state index is 13.3. The van der Waals surface area contributed by atoms with E-state index in [1.807, 2.05) is 0 Å². The molecule has 1 aliphatic rings. The van der Waals surface area contributed by atoms with Gasteiger partial charge in [-0.05, 0) is 37.0 Å². The van der Waals surface area contributed by atoms with Crippen LogP contribution < -0.4 is 0 Å². The van der Waals surface area contributed by atoms with Crippen LogP contribution in [0.5, 0.6) is 0 Å². The van der Waals surface area contributed by atoms with E-state index < -0.39 is 6.17 Å². The van der Waals surface area contributed by atoms with Gasteiger partial charge >= 0.3 is 0 Å². The first-order valence-electron chi connectivity index (χ1n) is 6.29. The number of hydrogen-bond donors (Lipinski definition) is 0. The van der Waals surface area contributed by atoms with Gasteiger partial charge in [-0.1, -0.05) is 40.0 Å². The third-order valence-corrected chi connectivity index (χ3v) is 3.94. The second-order valence-electron chi connectivity index (χ2n) is 5.17. The van der Waals surface area contributed by atoms with E-state index in [9.17, 15) is 4.39 Å². The minimum absolute atomic E-state index is 0.514. The van der Waals surface area contributed by atoms with Crippen molar-refractivity contribution in [2.24, 2.45) is 17.8 Å². The molecular formula is C13H25F. The van der Waals surface area contributed by atoms with Crippen molar-refractivity contribution in [3.63, 3.8) is 0 Å². The van der Waals surface area contributed by atoms with Crippen LogP contribution in [-0.4, -0.2) is 6.17 Å². The molecule has 1 aliphatic carbocycles. The molecule has 0 aliphatic heterocycles. The topological polar surface area (TPSA) is 0 Å². The average molecular weight is 200 g/mol. The Balaban J connectivity index is 2.38. The van der Waals surface area contributed by atoms with Crippen LogP contribution in [0.25, 0.3) is 0 Å². The van der Waals surface area contributed by atoms with E-state index in [0.717, 1.165) is 31.1 Å². The Morgan fingerprint density at radius 3 is 2.71 bits per heavy atom. The standard InChI is InChI=1S/C13H25F/c1-4-5-6-10(2)13-9-12(14)8-7-11(13)3/h10-13H,4-9H2,1-3H3/t10-,11?,12?,13?/m1/s1. The van der Waals surface area contributed by atoms with Crippen molar-refractivity contribution < 1.29 is 4.39 Å². The van der Waals surface area contributed by atoms with Gasteiger partial charge in [-0.3, -0.25) is 0 Å². The molecule has 0 bridgehead atoms. The third kappa shape index (κ3) is 3.25. The Morgan fingerprint density at radius 1 is 1.36 bits per heavy atom. The maximum Gasteiger partial charge on any atom is 0.100 e. The monoisotopic (exact) mass is 200 g/mol. The first-order chi connectivity index (χ1) is 6.65. The van der Waals surface area contributed by atoms with Crippen molar-refractivity contribution in [3.8, 4) is 0 Å². The first-order valence-corrected chi connectivity index (χ1v) is 6.29. The lowest BCUT2D eigenvalue weighted by molar-refractivity contribution is 0.106. The zero-order valence-electron chi connectivity index (χ0n) is 9.93. The summed E-state index contributed by atoms with van der Waals surface area (Å²) < 4.78 is 13.3. The van der Waals surface area contributed by atoms with Gasteiger partial charge in [0.2, 0.25) is 0 Å². The summed E-state index contributed by atoms with van der Waals surface area (Å²) in [7, 11) is 0. The van der Waals surface area contributed by atoms with Gasteiger partial charge in [0.1, 0.15) is 6.17 Å². The summed E-state index contributed by atoms with van der Waals surface area (Å²) in [5.74, 6) is 2.11. The van der Waals surface area contributed by atoms with Gasteiger partial charge < -0.3 is 0 Å². The Morgan fingerprint density at radius 2 is 2.07 bits per heavy atom. The fourth-order valence-corrected chi connectivity index (χ4v) is 2.84. The van der Waals surface area contributed by atoms with Crippen LogP contribution in [0.2, 0.25) is 0 Å². The van der Waals surface area contributed by atoms with Crippen molar-refractivity contribution in [3.05, 3.63) is 0 Å². The molecule has 1 saturated carbocycles. The summed E-state index contributed by atoms with van der Waals surface area (Å²) >= 11 is 0.